The number of alkyl halides is 2. The van der Waals surface area contributed by atoms with Gasteiger partial charge in [0, 0.05) is 6.07 Å². The van der Waals surface area contributed by atoms with Gasteiger partial charge in [-0.15, -0.1) is 0 Å². The fourth-order valence-electron chi connectivity index (χ4n) is 1.19. The molecule has 98 valence electrons. The molecule has 9 heteroatoms. The highest BCUT2D eigenvalue weighted by atomic mass is 19.3. The highest BCUT2D eigenvalue weighted by Crippen LogP contribution is 2.31. The van der Waals surface area contributed by atoms with Crippen molar-refractivity contribution in [2.24, 2.45) is 0 Å². The fraction of sp³-hybridized carbons (Fsp3) is 0.333. The molecule has 0 bridgehead atoms. The van der Waals surface area contributed by atoms with Crippen molar-refractivity contribution in [1.29, 1.82) is 0 Å². The maximum Gasteiger partial charge on any atom is 0.388 e. The van der Waals surface area contributed by atoms with Crippen LogP contribution in [0.5, 0.6) is 0 Å². The van der Waals surface area contributed by atoms with Crippen molar-refractivity contribution in [3.63, 3.8) is 0 Å². The lowest BCUT2D eigenvalue weighted by Gasteiger charge is -2.06. The Hall–Kier alpha value is -2.32. The third-order valence-corrected chi connectivity index (χ3v) is 1.96. The molecule has 0 aliphatic heterocycles. The first-order valence-corrected chi connectivity index (χ1v) is 4.78. The van der Waals surface area contributed by atoms with Gasteiger partial charge in [0.25, 0.3) is 12.1 Å². The Kier molecular flexibility index (Phi) is 4.08. The zero-order valence-corrected chi connectivity index (χ0v) is 9.22. The van der Waals surface area contributed by atoms with Gasteiger partial charge in [-0.1, -0.05) is 0 Å². The smallest absolute Gasteiger partial charge is 0.388 e. The average Bonchev–Trinajstić information content (AvgIpc) is 2.28. The number of halogens is 2. The van der Waals surface area contributed by atoms with Gasteiger partial charge in [-0.05, 0) is 16.8 Å². The Morgan fingerprint density at radius 3 is 2.72 bits per heavy atom. The minimum Gasteiger partial charge on any atom is -0.460 e. The summed E-state index contributed by atoms with van der Waals surface area (Å²) in [5.41, 5.74) is 3.04. The van der Waals surface area contributed by atoms with Crippen LogP contribution < -0.4 is 5.73 Å². The monoisotopic (exact) mass is 261 g/mol. The highest BCUT2D eigenvalue weighted by molar-refractivity contribution is 5.88. The van der Waals surface area contributed by atoms with Gasteiger partial charge < -0.3 is 20.6 Å². The largest absolute Gasteiger partial charge is 0.460 e. The van der Waals surface area contributed by atoms with Crippen molar-refractivity contribution >= 4 is 17.5 Å². The second-order valence-electron chi connectivity index (χ2n) is 3.11. The Bertz CT molecular complexity index is 493. The Balaban J connectivity index is 3.38. The molecule has 2 N–H and O–H groups in total. The predicted octanol–water partition coefficient (Wildman–Crippen LogP) is 1.69. The molecule has 0 aliphatic carbocycles. The second-order valence-corrected chi connectivity index (χ2v) is 3.11. The maximum absolute atomic E-state index is 12.6. The van der Waals surface area contributed by atoms with Crippen molar-refractivity contribution in [2.45, 2.75) is 13.3 Å². The maximum atomic E-state index is 12.6. The number of carbonyl (C=O) groups excluding carboxylic acids is 1. The van der Waals surface area contributed by atoms with Gasteiger partial charge in [0.15, 0.2) is 0 Å². The molecule has 1 rings (SSSR count). The normalized spacial score (nSPS) is 10.4. The molecule has 0 unspecified atom stereocenters. The van der Waals surface area contributed by atoms with Crippen molar-refractivity contribution in [3.8, 4) is 0 Å². The third kappa shape index (κ3) is 2.67. The van der Waals surface area contributed by atoms with Crippen LogP contribution in [-0.2, 0) is 4.74 Å². The number of rotatable bonds is 4. The molecular weight excluding hydrogens is 252 g/mol. The number of nitro groups is 1. The zero-order chi connectivity index (χ0) is 13.9. The minimum atomic E-state index is -3.06. The number of pyridine rings is 1. The topological polar surface area (TPSA) is 108 Å². The molecule has 1 aromatic rings. The summed E-state index contributed by atoms with van der Waals surface area (Å²) < 4.78 is 29.8. The first-order chi connectivity index (χ1) is 8.38. The van der Waals surface area contributed by atoms with Gasteiger partial charge in [-0.25, -0.2) is 13.6 Å². The molecule has 0 spiro atoms. The van der Waals surface area contributed by atoms with Crippen LogP contribution in [-0.4, -0.2) is 22.5 Å². The summed E-state index contributed by atoms with van der Waals surface area (Å²) in [5.74, 6) is -2.02. The number of hydrogen-bond acceptors (Lipinski definition) is 6. The summed E-state index contributed by atoms with van der Waals surface area (Å²) in [4.78, 5) is 24.2. The number of ether oxygens (including phenoxy) is 1. The second kappa shape index (κ2) is 5.34. The third-order valence-electron chi connectivity index (χ3n) is 1.96. The van der Waals surface area contributed by atoms with Crippen LogP contribution in [0.15, 0.2) is 6.07 Å². The van der Waals surface area contributed by atoms with Crippen LogP contribution in [0.4, 0.5) is 20.3 Å². The van der Waals surface area contributed by atoms with Crippen molar-refractivity contribution in [2.75, 3.05) is 12.3 Å². The molecule has 0 amide bonds. The van der Waals surface area contributed by atoms with E-state index in [9.17, 15) is 23.7 Å². The summed E-state index contributed by atoms with van der Waals surface area (Å²) in [6.45, 7) is 1.49. The first kappa shape index (κ1) is 13.7. The summed E-state index contributed by atoms with van der Waals surface area (Å²) >= 11 is 0. The molecule has 0 aromatic carbocycles. The molecule has 0 saturated heterocycles. The predicted molar refractivity (Wildman–Crippen MR) is 56.2 cm³/mol. The van der Waals surface area contributed by atoms with E-state index in [0.717, 1.165) is 0 Å². The van der Waals surface area contributed by atoms with E-state index in [2.05, 4.69) is 9.72 Å². The van der Waals surface area contributed by atoms with Gasteiger partial charge in [-0.2, -0.15) is 0 Å². The summed E-state index contributed by atoms with van der Waals surface area (Å²) in [7, 11) is 0. The highest BCUT2D eigenvalue weighted by Gasteiger charge is 2.28. The number of nitrogen functional groups attached to an aromatic ring is 1. The summed E-state index contributed by atoms with van der Waals surface area (Å²) in [6, 6.07) is 0.686. The van der Waals surface area contributed by atoms with Gasteiger partial charge in [0.2, 0.25) is 0 Å². The number of anilines is 1. The Labute approximate surface area is 99.7 Å². The van der Waals surface area contributed by atoms with Crippen molar-refractivity contribution in [1.82, 2.24) is 4.98 Å². The molecule has 0 radical (unpaired) electrons. The van der Waals surface area contributed by atoms with E-state index in [-0.39, 0.29) is 6.61 Å². The van der Waals surface area contributed by atoms with Crippen molar-refractivity contribution in [3.05, 3.63) is 27.4 Å². The standard InChI is InChI=1S/C9H9F2N3O4/c1-2-18-9(15)5-3-4(7(10)11)6(12)8(13-5)14(16)17/h3,7H,2,12H2,1H3. The lowest BCUT2D eigenvalue weighted by atomic mass is 10.2. The molecule has 0 aliphatic rings. The van der Waals surface area contributed by atoms with Crippen LogP contribution in [0, 0.1) is 10.1 Å². The average molecular weight is 261 g/mol. The van der Waals surface area contributed by atoms with Gasteiger partial charge >= 0.3 is 11.8 Å². The van der Waals surface area contributed by atoms with E-state index < -0.39 is 40.1 Å². The molecule has 1 heterocycles. The molecule has 0 saturated carbocycles. The molecule has 18 heavy (non-hydrogen) atoms. The quantitative estimate of drug-likeness (QED) is 0.501. The van der Waals surface area contributed by atoms with E-state index in [4.69, 9.17) is 5.73 Å². The summed E-state index contributed by atoms with van der Waals surface area (Å²) in [5, 5.41) is 10.6. The lowest BCUT2D eigenvalue weighted by molar-refractivity contribution is -0.388. The van der Waals surface area contributed by atoms with Crippen LogP contribution >= 0.6 is 0 Å². The van der Waals surface area contributed by atoms with Crippen LogP contribution in [0.1, 0.15) is 29.4 Å². The SMILES string of the molecule is CCOC(=O)c1cc(C(F)F)c(N)c([N+](=O)[O-])n1. The van der Waals surface area contributed by atoms with E-state index in [1.165, 1.54) is 6.92 Å². The number of hydrogen-bond donors (Lipinski definition) is 1. The molecule has 7 nitrogen and oxygen atoms in total. The van der Waals surface area contributed by atoms with E-state index in [1.54, 1.807) is 0 Å². The fourth-order valence-corrected chi connectivity index (χ4v) is 1.19. The number of carbonyl (C=O) groups is 1. The summed E-state index contributed by atoms with van der Waals surface area (Å²) in [6.07, 6.45) is -3.06. The number of nitrogens with zero attached hydrogens (tertiary/aromatic N) is 2. The Morgan fingerprint density at radius 2 is 2.28 bits per heavy atom. The minimum absolute atomic E-state index is 0.0112. The Morgan fingerprint density at radius 1 is 1.67 bits per heavy atom. The van der Waals surface area contributed by atoms with Gasteiger partial charge in [0.1, 0.15) is 5.69 Å². The number of esters is 1. The number of aromatic nitrogens is 1. The molecular formula is C9H9F2N3O4. The van der Waals surface area contributed by atoms with Crippen LogP contribution in [0.25, 0.3) is 0 Å². The van der Waals surface area contributed by atoms with Gasteiger partial charge in [0.05, 0.1) is 12.2 Å². The van der Waals surface area contributed by atoms with Crippen molar-refractivity contribution < 1.29 is 23.2 Å². The van der Waals surface area contributed by atoms with E-state index in [1.807, 2.05) is 0 Å². The van der Waals surface area contributed by atoms with Crippen LogP contribution in [0.3, 0.4) is 0 Å². The van der Waals surface area contributed by atoms with Gasteiger partial charge in [-0.3, -0.25) is 0 Å². The zero-order valence-electron chi connectivity index (χ0n) is 9.22. The first-order valence-electron chi connectivity index (χ1n) is 4.78. The van der Waals surface area contributed by atoms with E-state index >= 15 is 0 Å². The molecule has 1 aromatic heterocycles. The van der Waals surface area contributed by atoms with E-state index in [0.29, 0.717) is 6.07 Å². The van der Waals surface area contributed by atoms with Crippen LogP contribution in [0.2, 0.25) is 0 Å². The molecule has 0 fully saturated rings. The number of nitrogens with two attached hydrogens (primary N) is 1. The molecule has 0 atom stereocenters. The lowest BCUT2D eigenvalue weighted by Crippen LogP contribution is -2.12.